The van der Waals surface area contributed by atoms with E-state index in [9.17, 15) is 14.9 Å². The van der Waals surface area contributed by atoms with Crippen molar-refractivity contribution < 1.29 is 9.72 Å². The summed E-state index contributed by atoms with van der Waals surface area (Å²) in [5.41, 5.74) is 1.93. The molecule has 0 radical (unpaired) electrons. The molecule has 0 bridgehead atoms. The van der Waals surface area contributed by atoms with Crippen molar-refractivity contribution in [1.29, 1.82) is 0 Å². The van der Waals surface area contributed by atoms with Gasteiger partial charge in [0.1, 0.15) is 0 Å². The molecule has 1 N–H and O–H groups in total. The highest BCUT2D eigenvalue weighted by Gasteiger charge is 2.17. The number of nitrogens with zero attached hydrogens (tertiary/aromatic N) is 5. The van der Waals surface area contributed by atoms with Crippen LogP contribution >= 0.6 is 23.4 Å². The maximum Gasteiger partial charge on any atom is 0.271 e. The first-order chi connectivity index (χ1) is 16.0. The standard InChI is InChI=1S/C22H17ClN6O3S/c23-18-7-6-17(29(31)32)12-19(18)25-20(30)14-33-22-27-26-21(16-8-10-24-11-9-16)28(22)13-15-4-2-1-3-5-15/h1-12H,13-14H2,(H,25,30). The topological polar surface area (TPSA) is 116 Å². The maximum absolute atomic E-state index is 12.5. The van der Waals surface area contributed by atoms with Crippen molar-refractivity contribution in [3.8, 4) is 11.4 Å². The molecule has 33 heavy (non-hydrogen) atoms. The summed E-state index contributed by atoms with van der Waals surface area (Å²) in [6.07, 6.45) is 3.36. The molecule has 0 saturated carbocycles. The highest BCUT2D eigenvalue weighted by Crippen LogP contribution is 2.28. The Balaban J connectivity index is 1.53. The largest absolute Gasteiger partial charge is 0.324 e. The van der Waals surface area contributed by atoms with Gasteiger partial charge in [-0.15, -0.1) is 10.2 Å². The van der Waals surface area contributed by atoms with Crippen LogP contribution in [0.2, 0.25) is 5.02 Å². The van der Waals surface area contributed by atoms with Crippen LogP contribution in [0.5, 0.6) is 0 Å². The molecule has 9 nitrogen and oxygen atoms in total. The van der Waals surface area contributed by atoms with Crippen LogP contribution in [0.4, 0.5) is 11.4 Å². The maximum atomic E-state index is 12.5. The molecule has 0 fully saturated rings. The van der Waals surface area contributed by atoms with E-state index in [4.69, 9.17) is 11.6 Å². The van der Waals surface area contributed by atoms with E-state index in [1.165, 1.54) is 30.0 Å². The molecule has 11 heteroatoms. The minimum atomic E-state index is -0.548. The molecule has 2 aromatic carbocycles. The fraction of sp³-hybridized carbons (Fsp3) is 0.0909. The van der Waals surface area contributed by atoms with E-state index in [1.54, 1.807) is 12.4 Å². The lowest BCUT2D eigenvalue weighted by Crippen LogP contribution is -2.15. The van der Waals surface area contributed by atoms with E-state index in [-0.39, 0.29) is 28.1 Å². The summed E-state index contributed by atoms with van der Waals surface area (Å²) in [4.78, 5) is 27.0. The fourth-order valence-corrected chi connectivity index (χ4v) is 3.96. The molecule has 0 aliphatic rings. The third-order valence-corrected chi connectivity index (χ3v) is 5.90. The minimum absolute atomic E-state index is 0.0162. The van der Waals surface area contributed by atoms with Crippen LogP contribution in [0.25, 0.3) is 11.4 Å². The molecular formula is C22H17ClN6O3S. The average molecular weight is 481 g/mol. The molecule has 4 aromatic rings. The zero-order valence-corrected chi connectivity index (χ0v) is 18.7. The van der Waals surface area contributed by atoms with Crippen molar-refractivity contribution in [2.75, 3.05) is 11.1 Å². The first-order valence-electron chi connectivity index (χ1n) is 9.75. The van der Waals surface area contributed by atoms with Crippen molar-refractivity contribution in [3.05, 3.63) is 93.8 Å². The number of benzene rings is 2. The molecule has 166 valence electrons. The number of rotatable bonds is 8. The second kappa shape index (κ2) is 10.2. The van der Waals surface area contributed by atoms with Gasteiger partial charge in [-0.2, -0.15) is 0 Å². The molecule has 2 aromatic heterocycles. The zero-order chi connectivity index (χ0) is 23.2. The Morgan fingerprint density at radius 2 is 1.85 bits per heavy atom. The summed E-state index contributed by atoms with van der Waals surface area (Å²) >= 11 is 7.28. The molecule has 0 saturated heterocycles. The highest BCUT2D eigenvalue weighted by molar-refractivity contribution is 7.99. The van der Waals surface area contributed by atoms with E-state index in [1.807, 2.05) is 47.0 Å². The molecule has 0 spiro atoms. The summed E-state index contributed by atoms with van der Waals surface area (Å²) in [6.45, 7) is 0.520. The number of thioether (sulfide) groups is 1. The number of carbonyl (C=O) groups is 1. The van der Waals surface area contributed by atoms with Gasteiger partial charge in [0.2, 0.25) is 5.91 Å². The summed E-state index contributed by atoms with van der Waals surface area (Å²) in [6, 6.07) is 17.4. The third-order valence-electron chi connectivity index (χ3n) is 4.61. The molecule has 1 amide bonds. The number of pyridine rings is 1. The predicted octanol–water partition coefficient (Wildman–Crippen LogP) is 4.68. The van der Waals surface area contributed by atoms with Gasteiger partial charge in [0.25, 0.3) is 5.69 Å². The Bertz CT molecular complexity index is 1280. The number of nitrogens with one attached hydrogen (secondary N) is 1. The van der Waals surface area contributed by atoms with E-state index in [2.05, 4.69) is 20.5 Å². The van der Waals surface area contributed by atoms with E-state index in [0.29, 0.717) is 17.5 Å². The number of anilines is 1. The van der Waals surface area contributed by atoms with Crippen LogP contribution in [-0.4, -0.2) is 36.3 Å². The number of nitro groups is 1. The SMILES string of the molecule is O=C(CSc1nnc(-c2ccncc2)n1Cc1ccccc1)Nc1cc([N+](=O)[O-])ccc1Cl. The number of aromatic nitrogens is 4. The highest BCUT2D eigenvalue weighted by atomic mass is 35.5. The Hall–Kier alpha value is -3.76. The normalized spacial score (nSPS) is 10.7. The van der Waals surface area contributed by atoms with E-state index >= 15 is 0 Å². The second-order valence-corrected chi connectivity index (χ2v) is 8.22. The number of carbonyl (C=O) groups excluding carboxylic acids is 1. The van der Waals surface area contributed by atoms with Crippen LogP contribution in [0.1, 0.15) is 5.56 Å². The molecule has 0 unspecified atom stereocenters. The van der Waals surface area contributed by atoms with Crippen LogP contribution < -0.4 is 5.32 Å². The number of hydrogen-bond donors (Lipinski definition) is 1. The number of halogens is 1. The van der Waals surface area contributed by atoms with E-state index in [0.717, 1.165) is 11.1 Å². The molecule has 0 aliphatic carbocycles. The van der Waals surface area contributed by atoms with Crippen LogP contribution in [0, 0.1) is 10.1 Å². The van der Waals surface area contributed by atoms with Gasteiger partial charge in [-0.05, 0) is 23.8 Å². The average Bonchev–Trinajstić information content (AvgIpc) is 3.22. The van der Waals surface area contributed by atoms with Gasteiger partial charge >= 0.3 is 0 Å². The first-order valence-corrected chi connectivity index (χ1v) is 11.1. The second-order valence-electron chi connectivity index (χ2n) is 6.87. The van der Waals surface area contributed by atoms with Gasteiger partial charge in [-0.1, -0.05) is 53.7 Å². The lowest BCUT2D eigenvalue weighted by atomic mass is 10.2. The molecular weight excluding hydrogens is 464 g/mol. The number of amides is 1. The van der Waals surface area contributed by atoms with Crippen molar-refractivity contribution in [3.63, 3.8) is 0 Å². The summed E-state index contributed by atoms with van der Waals surface area (Å²) < 4.78 is 1.93. The monoisotopic (exact) mass is 480 g/mol. The van der Waals surface area contributed by atoms with E-state index < -0.39 is 4.92 Å². The van der Waals surface area contributed by atoms with Crippen molar-refractivity contribution >= 4 is 40.6 Å². The van der Waals surface area contributed by atoms with Gasteiger partial charge in [0.05, 0.1) is 27.9 Å². The number of nitro benzene ring substituents is 1. The molecule has 0 atom stereocenters. The Kier molecular flexibility index (Phi) is 6.96. The number of hydrogen-bond acceptors (Lipinski definition) is 7. The minimum Gasteiger partial charge on any atom is -0.324 e. The Morgan fingerprint density at radius 1 is 1.09 bits per heavy atom. The van der Waals surface area contributed by atoms with Crippen LogP contribution in [0.3, 0.4) is 0 Å². The number of non-ortho nitro benzene ring substituents is 1. The van der Waals surface area contributed by atoms with Crippen molar-refractivity contribution in [2.24, 2.45) is 0 Å². The lowest BCUT2D eigenvalue weighted by Gasteiger charge is -2.11. The van der Waals surface area contributed by atoms with Crippen LogP contribution in [0.15, 0.2) is 78.2 Å². The summed E-state index contributed by atoms with van der Waals surface area (Å²) in [7, 11) is 0. The first kappa shape index (κ1) is 22.4. The third kappa shape index (κ3) is 5.54. The van der Waals surface area contributed by atoms with Gasteiger partial charge in [0.15, 0.2) is 11.0 Å². The van der Waals surface area contributed by atoms with Gasteiger partial charge in [-0.25, -0.2) is 0 Å². The zero-order valence-electron chi connectivity index (χ0n) is 17.1. The van der Waals surface area contributed by atoms with Crippen LogP contribution in [-0.2, 0) is 11.3 Å². The predicted molar refractivity (Wildman–Crippen MR) is 126 cm³/mol. The smallest absolute Gasteiger partial charge is 0.271 e. The molecule has 4 rings (SSSR count). The quantitative estimate of drug-likeness (QED) is 0.221. The van der Waals surface area contributed by atoms with Gasteiger partial charge < -0.3 is 5.32 Å². The van der Waals surface area contributed by atoms with Crippen molar-refractivity contribution in [2.45, 2.75) is 11.7 Å². The molecule has 2 heterocycles. The fourth-order valence-electron chi connectivity index (χ4n) is 3.06. The Labute approximate surface area is 198 Å². The van der Waals surface area contributed by atoms with Gasteiger partial charge in [-0.3, -0.25) is 24.5 Å². The van der Waals surface area contributed by atoms with Crippen molar-refractivity contribution in [1.82, 2.24) is 19.7 Å². The summed E-state index contributed by atoms with van der Waals surface area (Å²) in [5.74, 6) is 0.301. The summed E-state index contributed by atoms with van der Waals surface area (Å²) in [5, 5.41) is 23.0. The lowest BCUT2D eigenvalue weighted by molar-refractivity contribution is -0.384. The molecule has 0 aliphatic heterocycles. The Morgan fingerprint density at radius 3 is 2.58 bits per heavy atom. The van der Waals surface area contributed by atoms with Gasteiger partial charge in [0, 0.05) is 30.1 Å².